The van der Waals surface area contributed by atoms with Crippen LogP contribution in [0.5, 0.6) is 0 Å². The van der Waals surface area contributed by atoms with Gasteiger partial charge in [-0.05, 0) is 59.5 Å². The van der Waals surface area contributed by atoms with Crippen molar-refractivity contribution in [2.75, 3.05) is 6.26 Å². The lowest BCUT2D eigenvalue weighted by Crippen LogP contribution is -2.51. The number of carbonyl (C=O) groups excluding carboxylic acids is 2. The first kappa shape index (κ1) is 25.0. The van der Waals surface area contributed by atoms with Crippen molar-refractivity contribution >= 4 is 46.4 Å². The molecular formula is C25H22F2IN3O4S. The summed E-state index contributed by atoms with van der Waals surface area (Å²) >= 11 is -0.270. The highest BCUT2D eigenvalue weighted by Gasteiger charge is 2.50. The molecule has 2 heterocycles. The molecule has 2 fully saturated rings. The number of rotatable bonds is 6. The Bertz CT molecular complexity index is 1450. The Labute approximate surface area is 217 Å². The third-order valence-corrected chi connectivity index (χ3v) is 11.3. The minimum atomic E-state index is -3.52. The largest absolute Gasteiger partial charge is 0.347 e. The molecule has 1 saturated carbocycles. The van der Waals surface area contributed by atoms with Crippen molar-refractivity contribution < 1.29 is 26.8 Å². The number of nitrogens with one attached hydrogen (secondary N) is 1. The maximum atomic E-state index is 14.8. The van der Waals surface area contributed by atoms with E-state index in [4.69, 9.17) is 5.26 Å². The van der Waals surface area contributed by atoms with E-state index in [0.717, 1.165) is 31.2 Å². The number of hydrogen-bond acceptors (Lipinski definition) is 5. The molecule has 0 spiro atoms. The molecule has 0 bridgehead atoms. The van der Waals surface area contributed by atoms with Crippen molar-refractivity contribution in [2.45, 2.75) is 46.2 Å². The zero-order chi connectivity index (χ0) is 25.8. The van der Waals surface area contributed by atoms with E-state index in [1.54, 1.807) is 6.07 Å². The molecule has 7 nitrogen and oxygen atoms in total. The van der Waals surface area contributed by atoms with E-state index < -0.39 is 50.9 Å². The molecule has 4 atom stereocenters. The predicted molar refractivity (Wildman–Crippen MR) is 136 cm³/mol. The van der Waals surface area contributed by atoms with Gasteiger partial charge in [-0.25, -0.2) is 17.2 Å². The second-order valence-corrected chi connectivity index (χ2v) is 14.4. The lowest BCUT2D eigenvalue weighted by molar-refractivity contribution is -0.125. The van der Waals surface area contributed by atoms with E-state index in [1.165, 1.54) is 29.2 Å². The Morgan fingerprint density at radius 2 is 1.94 bits per heavy atom. The van der Waals surface area contributed by atoms with Gasteiger partial charge in [-0.15, -0.1) is 20.7 Å². The first-order valence-corrected chi connectivity index (χ1v) is 15.7. The molecule has 11 heteroatoms. The lowest BCUT2D eigenvalue weighted by atomic mass is 9.99. The van der Waals surface area contributed by atoms with E-state index in [1.807, 2.05) is 0 Å². The Hall–Kier alpha value is -2.72. The van der Waals surface area contributed by atoms with Gasteiger partial charge >= 0.3 is 0 Å². The summed E-state index contributed by atoms with van der Waals surface area (Å²) < 4.78 is 55.3. The molecule has 2 amide bonds. The highest BCUT2D eigenvalue weighted by molar-refractivity contribution is 14.2. The summed E-state index contributed by atoms with van der Waals surface area (Å²) in [6, 6.07) is 7.38. The average molecular weight is 625 g/mol. The molecule has 3 aliphatic rings. The molecule has 5 rings (SSSR count). The number of sulfone groups is 1. The normalized spacial score (nSPS) is 23.6. The number of carbonyl (C=O) groups is 2. The van der Waals surface area contributed by atoms with Crippen molar-refractivity contribution in [1.29, 1.82) is 5.26 Å². The number of fused-ring (bicyclic) bond motifs is 1. The van der Waals surface area contributed by atoms with Gasteiger partial charge in [0.25, 0.3) is 5.91 Å². The Kier molecular flexibility index (Phi) is 6.45. The maximum absolute atomic E-state index is 14.8. The van der Waals surface area contributed by atoms with Crippen LogP contribution >= 0.6 is 20.7 Å². The monoisotopic (exact) mass is 625 g/mol. The van der Waals surface area contributed by atoms with Crippen molar-refractivity contribution in [3.05, 3.63) is 64.7 Å². The maximum Gasteiger partial charge on any atom is 0.255 e. The minimum absolute atomic E-state index is 0.0129. The molecule has 0 unspecified atom stereocenters. The first-order chi connectivity index (χ1) is 17.1. The molecule has 36 heavy (non-hydrogen) atoms. The molecule has 188 valence electrons. The fourth-order valence-corrected chi connectivity index (χ4v) is 8.24. The van der Waals surface area contributed by atoms with E-state index in [2.05, 4.69) is 9.33 Å². The van der Waals surface area contributed by atoms with E-state index in [0.29, 0.717) is 6.42 Å². The number of likely N-dealkylation sites (tertiary alicyclic amines) is 1. The molecule has 1 aliphatic carbocycles. The van der Waals surface area contributed by atoms with Gasteiger partial charge in [-0.1, -0.05) is 6.07 Å². The van der Waals surface area contributed by atoms with Crippen LogP contribution in [-0.4, -0.2) is 51.4 Å². The predicted octanol–water partition coefficient (Wildman–Crippen LogP) is 3.25. The van der Waals surface area contributed by atoms with Crippen LogP contribution in [0.15, 0.2) is 41.3 Å². The smallest absolute Gasteiger partial charge is 0.255 e. The number of benzene rings is 2. The van der Waals surface area contributed by atoms with E-state index >= 15 is 0 Å². The van der Waals surface area contributed by atoms with Crippen molar-refractivity contribution in [1.82, 2.24) is 10.2 Å². The summed E-state index contributed by atoms with van der Waals surface area (Å²) in [6.45, 7) is 0. The second-order valence-electron chi connectivity index (χ2n) is 9.31. The number of alkyl halides is 1. The number of amides is 2. The van der Waals surface area contributed by atoms with Crippen molar-refractivity contribution in [3.63, 3.8) is 0 Å². The molecule has 1 saturated heterocycles. The highest BCUT2D eigenvalue weighted by atomic mass is 127. The standard InChI is InChI=1S/C25H22F2IN3O4S/c1-36(34,35)16-4-2-3-14(7-16)25(33)31-21(10-20-22(31)11-28-20)24(32)30-23(13-5-6-13)17-9-18(26)15(12-29)8-19(17)27/h2-4,7-9,11,13,20-23H,5-6,10H2,1H3,(H,30,32)/t20-,21-,22-,23-/m1/s1. The number of hydrogen-bond donors (Lipinski definition) is 1. The molecule has 1 N–H and O–H groups in total. The van der Waals surface area contributed by atoms with Gasteiger partial charge in [-0.2, -0.15) is 5.26 Å². The van der Waals surface area contributed by atoms with Gasteiger partial charge in [0.1, 0.15) is 23.7 Å². The minimum Gasteiger partial charge on any atom is -0.347 e. The SMILES string of the molecule is CS(=O)(=O)c1cccc(C(=O)N2[C@@H](C(=O)N[C@@H](c3cc(F)c(C#N)cc3F)C3CC3)C[C@H]3I=C[C@H]32)c1. The number of nitrogens with zero attached hydrogens (tertiary/aromatic N) is 2. The third-order valence-electron chi connectivity index (χ3n) is 6.82. The van der Waals surface area contributed by atoms with Crippen LogP contribution in [0.4, 0.5) is 8.78 Å². The van der Waals surface area contributed by atoms with Gasteiger partial charge in [0.05, 0.1) is 22.5 Å². The Balaban J connectivity index is 1.42. The first-order valence-electron chi connectivity index (χ1n) is 11.4. The summed E-state index contributed by atoms with van der Waals surface area (Å²) in [5.41, 5.74) is -0.244. The van der Waals surface area contributed by atoms with Crippen LogP contribution < -0.4 is 5.32 Å². The fraction of sp³-hybridized carbons (Fsp3) is 0.360. The van der Waals surface area contributed by atoms with E-state index in [9.17, 15) is 26.8 Å². The van der Waals surface area contributed by atoms with Gasteiger partial charge in [0.2, 0.25) is 5.91 Å². The number of halogens is 3. The van der Waals surface area contributed by atoms with Crippen LogP contribution in [0.3, 0.4) is 0 Å². The van der Waals surface area contributed by atoms with Crippen LogP contribution in [0.2, 0.25) is 0 Å². The third kappa shape index (κ3) is 4.56. The van der Waals surface area contributed by atoms with Gasteiger partial charge in [-0.3, -0.25) is 9.59 Å². The molecule has 2 aromatic rings. The van der Waals surface area contributed by atoms with Crippen molar-refractivity contribution in [3.8, 4) is 6.07 Å². The summed E-state index contributed by atoms with van der Waals surface area (Å²) in [5.74, 6) is -2.57. The topological polar surface area (TPSA) is 107 Å². The summed E-state index contributed by atoms with van der Waals surface area (Å²) in [6.07, 6.45) is 3.01. The molecule has 0 radical (unpaired) electrons. The molecular weight excluding hydrogens is 603 g/mol. The van der Waals surface area contributed by atoms with Crippen LogP contribution in [0.25, 0.3) is 0 Å². The molecule has 0 aromatic heterocycles. The summed E-state index contributed by atoms with van der Waals surface area (Å²) in [4.78, 5) is 28.5. The van der Waals surface area contributed by atoms with E-state index in [-0.39, 0.29) is 52.6 Å². The van der Waals surface area contributed by atoms with Crippen molar-refractivity contribution in [2.24, 2.45) is 5.92 Å². The van der Waals surface area contributed by atoms with Crippen LogP contribution in [-0.2, 0) is 14.6 Å². The molecule has 2 aliphatic heterocycles. The Morgan fingerprint density at radius 3 is 2.56 bits per heavy atom. The zero-order valence-corrected chi connectivity index (χ0v) is 22.1. The quantitative estimate of drug-likeness (QED) is 0.392. The second kappa shape index (κ2) is 9.30. The number of nitriles is 1. The van der Waals surface area contributed by atoms with Crippen LogP contribution in [0.1, 0.15) is 46.8 Å². The van der Waals surface area contributed by atoms with Gasteiger partial charge in [0.15, 0.2) is 9.84 Å². The molecule has 2 aromatic carbocycles. The average Bonchev–Trinajstić information content (AvgIpc) is 3.63. The van der Waals surface area contributed by atoms with Gasteiger partial charge < -0.3 is 10.2 Å². The lowest BCUT2D eigenvalue weighted by Gasteiger charge is -2.32. The van der Waals surface area contributed by atoms with Crippen LogP contribution in [0, 0.1) is 28.9 Å². The summed E-state index contributed by atoms with van der Waals surface area (Å²) in [5, 5.41) is 11.8. The highest BCUT2D eigenvalue weighted by Crippen LogP contribution is 2.44. The summed E-state index contributed by atoms with van der Waals surface area (Å²) in [7, 11) is -3.52. The van der Waals surface area contributed by atoms with Gasteiger partial charge in [0, 0.05) is 21.3 Å². The Morgan fingerprint density at radius 1 is 1.19 bits per heavy atom. The fourth-order valence-electron chi connectivity index (χ4n) is 4.74. The zero-order valence-electron chi connectivity index (χ0n) is 19.1.